The third-order valence-corrected chi connectivity index (χ3v) is 2.22. The molecule has 1 atom stereocenters. The zero-order valence-corrected chi connectivity index (χ0v) is 10.3. The van der Waals surface area contributed by atoms with Gasteiger partial charge in [-0.1, -0.05) is 31.4 Å². The number of hydrogen-bond donors (Lipinski definition) is 0. The van der Waals surface area contributed by atoms with E-state index >= 15 is 0 Å². The predicted molar refractivity (Wildman–Crippen MR) is 66.9 cm³/mol. The number of rotatable bonds is 7. The SMILES string of the molecule is C=CCOC(=O)c1c(C(F)C=C)nn(CC=C)c1F. The van der Waals surface area contributed by atoms with Gasteiger partial charge in [-0.25, -0.2) is 13.9 Å². The van der Waals surface area contributed by atoms with Crippen molar-refractivity contribution in [3.05, 3.63) is 55.2 Å². The molecule has 0 aliphatic heterocycles. The van der Waals surface area contributed by atoms with Gasteiger partial charge in [-0.15, -0.1) is 6.58 Å². The van der Waals surface area contributed by atoms with E-state index in [1.54, 1.807) is 0 Å². The highest BCUT2D eigenvalue weighted by Crippen LogP contribution is 2.24. The molecule has 102 valence electrons. The van der Waals surface area contributed by atoms with E-state index in [-0.39, 0.29) is 18.8 Å². The molecule has 0 spiro atoms. The summed E-state index contributed by atoms with van der Waals surface area (Å²) in [6.07, 6.45) is 1.86. The minimum absolute atomic E-state index is 0.0113. The van der Waals surface area contributed by atoms with Crippen LogP contribution in [-0.4, -0.2) is 22.4 Å². The Morgan fingerprint density at radius 2 is 2.11 bits per heavy atom. The molecule has 0 bridgehead atoms. The van der Waals surface area contributed by atoms with Crippen LogP contribution in [-0.2, 0) is 11.3 Å². The van der Waals surface area contributed by atoms with Gasteiger partial charge in [0.15, 0.2) is 6.17 Å². The summed E-state index contributed by atoms with van der Waals surface area (Å²) in [5, 5.41) is 3.70. The average molecular weight is 268 g/mol. The topological polar surface area (TPSA) is 44.1 Å². The van der Waals surface area contributed by atoms with Crippen LogP contribution in [0.5, 0.6) is 0 Å². The Balaban J connectivity index is 3.24. The fourth-order valence-corrected chi connectivity index (χ4v) is 1.40. The summed E-state index contributed by atoms with van der Waals surface area (Å²) < 4.78 is 33.2. The fraction of sp³-hybridized carbons (Fsp3) is 0.231. The molecule has 1 aromatic rings. The average Bonchev–Trinajstić information content (AvgIpc) is 2.73. The van der Waals surface area contributed by atoms with Gasteiger partial charge in [0, 0.05) is 0 Å². The van der Waals surface area contributed by atoms with E-state index in [0.29, 0.717) is 0 Å². The summed E-state index contributed by atoms with van der Waals surface area (Å²) in [5.41, 5.74) is -0.889. The van der Waals surface area contributed by atoms with Crippen molar-refractivity contribution in [2.24, 2.45) is 0 Å². The van der Waals surface area contributed by atoms with E-state index < -0.39 is 23.7 Å². The number of carbonyl (C=O) groups is 1. The summed E-state index contributed by atoms with van der Waals surface area (Å²) in [7, 11) is 0. The van der Waals surface area contributed by atoms with Crippen molar-refractivity contribution < 1.29 is 18.3 Å². The molecule has 1 aromatic heterocycles. The monoisotopic (exact) mass is 268 g/mol. The van der Waals surface area contributed by atoms with Gasteiger partial charge in [0.2, 0.25) is 5.95 Å². The van der Waals surface area contributed by atoms with Crippen molar-refractivity contribution in [2.45, 2.75) is 12.7 Å². The molecule has 0 saturated heterocycles. The number of ether oxygens (including phenoxy) is 1. The Kier molecular flexibility index (Phi) is 5.17. The van der Waals surface area contributed by atoms with E-state index in [4.69, 9.17) is 4.74 Å². The van der Waals surface area contributed by atoms with Gasteiger partial charge in [0.25, 0.3) is 0 Å². The Hall–Kier alpha value is -2.24. The maximum Gasteiger partial charge on any atom is 0.345 e. The minimum atomic E-state index is -1.76. The third kappa shape index (κ3) is 3.15. The van der Waals surface area contributed by atoms with Gasteiger partial charge in [0.1, 0.15) is 17.9 Å². The predicted octanol–water partition coefficient (Wildman–Crippen LogP) is 2.75. The second kappa shape index (κ2) is 6.63. The van der Waals surface area contributed by atoms with Crippen LogP contribution in [0.2, 0.25) is 0 Å². The molecular formula is C13H14F2N2O2. The zero-order chi connectivity index (χ0) is 14.4. The molecule has 0 saturated carbocycles. The molecule has 6 heteroatoms. The third-order valence-electron chi connectivity index (χ3n) is 2.22. The van der Waals surface area contributed by atoms with Crippen molar-refractivity contribution in [1.82, 2.24) is 9.78 Å². The molecule has 0 aromatic carbocycles. The van der Waals surface area contributed by atoms with Gasteiger partial charge in [-0.2, -0.15) is 9.49 Å². The fourth-order valence-electron chi connectivity index (χ4n) is 1.40. The molecule has 0 amide bonds. The molecule has 1 heterocycles. The van der Waals surface area contributed by atoms with E-state index in [1.807, 2.05) is 0 Å². The normalized spacial score (nSPS) is 11.7. The standard InChI is InChI=1S/C13H14F2N2O2/c1-4-7-17-12(15)10(13(18)19-8-5-2)11(16-17)9(14)6-3/h4-6,9H,1-3,7-8H2. The summed E-state index contributed by atoms with van der Waals surface area (Å²) in [6, 6.07) is 0. The van der Waals surface area contributed by atoms with Gasteiger partial charge < -0.3 is 4.74 Å². The zero-order valence-electron chi connectivity index (χ0n) is 10.3. The number of carbonyl (C=O) groups excluding carboxylic acids is 1. The number of aromatic nitrogens is 2. The lowest BCUT2D eigenvalue weighted by atomic mass is 10.1. The van der Waals surface area contributed by atoms with Crippen LogP contribution < -0.4 is 0 Å². The lowest BCUT2D eigenvalue weighted by Crippen LogP contribution is -2.10. The molecule has 4 nitrogen and oxygen atoms in total. The van der Waals surface area contributed by atoms with Gasteiger partial charge in [-0.05, 0) is 0 Å². The molecule has 0 aliphatic carbocycles. The summed E-state index contributed by atoms with van der Waals surface area (Å²) in [6.45, 7) is 9.95. The van der Waals surface area contributed by atoms with Crippen molar-refractivity contribution >= 4 is 5.97 Å². The largest absolute Gasteiger partial charge is 0.458 e. The Labute approximate surface area is 109 Å². The van der Waals surface area contributed by atoms with Crippen LogP contribution in [0.15, 0.2) is 38.0 Å². The number of nitrogens with zero attached hydrogens (tertiary/aromatic N) is 2. The molecule has 0 aliphatic rings. The first-order valence-electron chi connectivity index (χ1n) is 5.48. The first-order chi connectivity index (χ1) is 9.06. The lowest BCUT2D eigenvalue weighted by molar-refractivity contribution is 0.0541. The molecule has 0 radical (unpaired) electrons. The Morgan fingerprint density at radius 3 is 2.63 bits per heavy atom. The highest BCUT2D eigenvalue weighted by Gasteiger charge is 2.28. The number of alkyl halides is 1. The second-order valence-corrected chi connectivity index (χ2v) is 3.55. The summed E-state index contributed by atoms with van der Waals surface area (Å²) >= 11 is 0. The van der Waals surface area contributed by atoms with Gasteiger partial charge in [0.05, 0.1) is 6.54 Å². The molecule has 0 fully saturated rings. The van der Waals surface area contributed by atoms with Crippen molar-refractivity contribution in [1.29, 1.82) is 0 Å². The lowest BCUT2D eigenvalue weighted by Gasteiger charge is -2.03. The van der Waals surface area contributed by atoms with Crippen molar-refractivity contribution in [3.63, 3.8) is 0 Å². The quantitative estimate of drug-likeness (QED) is 0.564. The van der Waals surface area contributed by atoms with Gasteiger partial charge >= 0.3 is 5.97 Å². The minimum Gasteiger partial charge on any atom is -0.458 e. The van der Waals surface area contributed by atoms with E-state index in [1.165, 1.54) is 12.2 Å². The number of hydrogen-bond acceptors (Lipinski definition) is 3. The summed E-state index contributed by atoms with van der Waals surface area (Å²) in [5.74, 6) is -1.96. The first kappa shape index (κ1) is 14.8. The maximum atomic E-state index is 14.0. The molecule has 19 heavy (non-hydrogen) atoms. The molecular weight excluding hydrogens is 254 g/mol. The molecule has 1 unspecified atom stereocenters. The van der Waals surface area contributed by atoms with Crippen molar-refractivity contribution in [2.75, 3.05) is 6.61 Å². The first-order valence-corrected chi connectivity index (χ1v) is 5.48. The number of esters is 1. The Bertz CT molecular complexity index is 509. The number of allylic oxidation sites excluding steroid dienone is 2. The van der Waals surface area contributed by atoms with Crippen LogP contribution >= 0.6 is 0 Å². The van der Waals surface area contributed by atoms with E-state index in [2.05, 4.69) is 24.8 Å². The van der Waals surface area contributed by atoms with Gasteiger partial charge in [-0.3, -0.25) is 0 Å². The number of halogens is 2. The van der Waals surface area contributed by atoms with E-state index in [0.717, 1.165) is 10.8 Å². The Morgan fingerprint density at radius 1 is 1.42 bits per heavy atom. The van der Waals surface area contributed by atoms with Crippen LogP contribution in [0.1, 0.15) is 22.2 Å². The smallest absolute Gasteiger partial charge is 0.345 e. The van der Waals surface area contributed by atoms with Crippen molar-refractivity contribution in [3.8, 4) is 0 Å². The second-order valence-electron chi connectivity index (χ2n) is 3.55. The van der Waals surface area contributed by atoms with Crippen LogP contribution in [0.4, 0.5) is 8.78 Å². The van der Waals surface area contributed by atoms with Crippen LogP contribution in [0, 0.1) is 5.95 Å². The summed E-state index contributed by atoms with van der Waals surface area (Å²) in [4.78, 5) is 11.7. The molecule has 0 N–H and O–H groups in total. The van der Waals surface area contributed by atoms with Crippen LogP contribution in [0.3, 0.4) is 0 Å². The highest BCUT2D eigenvalue weighted by molar-refractivity contribution is 5.91. The highest BCUT2D eigenvalue weighted by atomic mass is 19.1. The maximum absolute atomic E-state index is 14.0. The van der Waals surface area contributed by atoms with E-state index in [9.17, 15) is 13.6 Å². The van der Waals surface area contributed by atoms with Crippen LogP contribution in [0.25, 0.3) is 0 Å². The molecule has 1 rings (SSSR count).